The molecule has 0 bridgehead atoms. The monoisotopic (exact) mass is 243 g/mol. The van der Waals surface area contributed by atoms with E-state index in [1.165, 1.54) is 6.92 Å². The van der Waals surface area contributed by atoms with Crippen LogP contribution in [-0.2, 0) is 9.59 Å². The van der Waals surface area contributed by atoms with Gasteiger partial charge in [0, 0.05) is 6.07 Å². The van der Waals surface area contributed by atoms with Crippen molar-refractivity contribution in [1.82, 2.24) is 9.78 Å². The largest absolute Gasteiger partial charge is 0.310 e. The first-order valence-corrected chi connectivity index (χ1v) is 5.55. The summed E-state index contributed by atoms with van der Waals surface area (Å²) in [7, 11) is 0. The smallest absolute Gasteiger partial charge is 0.232 e. The Morgan fingerprint density at radius 3 is 2.61 bits per heavy atom. The SMILES string of the molecule is CC(=O)CC(=O)Nc1ccnn1-c1ccccc1. The average Bonchev–Trinajstić information content (AvgIpc) is 2.77. The minimum absolute atomic E-state index is 0.125. The van der Waals surface area contributed by atoms with E-state index in [0.29, 0.717) is 5.82 Å². The number of benzene rings is 1. The Kier molecular flexibility index (Phi) is 3.52. The number of nitrogens with zero attached hydrogens (tertiary/aromatic N) is 2. The molecule has 1 N–H and O–H groups in total. The van der Waals surface area contributed by atoms with E-state index in [0.717, 1.165) is 5.69 Å². The van der Waals surface area contributed by atoms with Gasteiger partial charge in [-0.05, 0) is 19.1 Å². The van der Waals surface area contributed by atoms with Crippen molar-refractivity contribution in [2.24, 2.45) is 0 Å². The fourth-order valence-corrected chi connectivity index (χ4v) is 1.59. The lowest BCUT2D eigenvalue weighted by atomic mass is 10.3. The Morgan fingerprint density at radius 2 is 1.94 bits per heavy atom. The fraction of sp³-hybridized carbons (Fsp3) is 0.154. The lowest BCUT2D eigenvalue weighted by molar-refractivity contribution is -0.124. The summed E-state index contributed by atoms with van der Waals surface area (Å²) >= 11 is 0. The summed E-state index contributed by atoms with van der Waals surface area (Å²) in [4.78, 5) is 22.4. The molecule has 0 aliphatic rings. The Balaban J connectivity index is 2.19. The van der Waals surface area contributed by atoms with E-state index in [9.17, 15) is 9.59 Å². The molecule has 5 nitrogen and oxygen atoms in total. The number of anilines is 1. The first kappa shape index (κ1) is 12.0. The highest BCUT2D eigenvalue weighted by Gasteiger charge is 2.09. The van der Waals surface area contributed by atoms with Crippen LogP contribution in [0.4, 0.5) is 5.82 Å². The van der Waals surface area contributed by atoms with E-state index >= 15 is 0 Å². The molecule has 0 radical (unpaired) electrons. The molecule has 0 atom stereocenters. The molecule has 0 unspecified atom stereocenters. The van der Waals surface area contributed by atoms with Gasteiger partial charge in [-0.1, -0.05) is 18.2 Å². The standard InChI is InChI=1S/C13H13N3O2/c1-10(17)9-13(18)15-12-7-8-14-16(12)11-5-3-2-4-6-11/h2-8H,9H2,1H3,(H,15,18). The number of ketones is 1. The number of carbonyl (C=O) groups is 2. The summed E-state index contributed by atoms with van der Waals surface area (Å²) in [5, 5.41) is 6.80. The van der Waals surface area contributed by atoms with Gasteiger partial charge in [0.1, 0.15) is 11.6 Å². The van der Waals surface area contributed by atoms with Crippen LogP contribution < -0.4 is 5.32 Å². The number of Topliss-reactive ketones (excluding diaryl/α,β-unsaturated/α-hetero) is 1. The highest BCUT2D eigenvalue weighted by atomic mass is 16.2. The number of rotatable bonds is 4. The van der Waals surface area contributed by atoms with Gasteiger partial charge in [0.05, 0.1) is 18.3 Å². The fourth-order valence-electron chi connectivity index (χ4n) is 1.59. The normalized spacial score (nSPS) is 10.1. The predicted octanol–water partition coefficient (Wildman–Crippen LogP) is 1.79. The van der Waals surface area contributed by atoms with Gasteiger partial charge in [-0.25, -0.2) is 4.68 Å². The number of amides is 1. The molecule has 0 spiro atoms. The predicted molar refractivity (Wildman–Crippen MR) is 67.5 cm³/mol. The van der Waals surface area contributed by atoms with Crippen molar-refractivity contribution in [1.29, 1.82) is 0 Å². The maximum Gasteiger partial charge on any atom is 0.232 e. The van der Waals surface area contributed by atoms with Gasteiger partial charge in [0.25, 0.3) is 0 Å². The van der Waals surface area contributed by atoms with Crippen LogP contribution >= 0.6 is 0 Å². The summed E-state index contributed by atoms with van der Waals surface area (Å²) in [5.41, 5.74) is 0.848. The molecule has 0 saturated heterocycles. The number of para-hydroxylation sites is 1. The van der Waals surface area contributed by atoms with E-state index in [-0.39, 0.29) is 18.1 Å². The van der Waals surface area contributed by atoms with E-state index in [1.807, 2.05) is 30.3 Å². The number of aromatic nitrogens is 2. The van der Waals surface area contributed by atoms with Gasteiger partial charge >= 0.3 is 0 Å². The average molecular weight is 243 g/mol. The van der Waals surface area contributed by atoms with Crippen LogP contribution in [0.1, 0.15) is 13.3 Å². The molecule has 0 aliphatic carbocycles. The molecule has 0 aliphatic heterocycles. The van der Waals surface area contributed by atoms with Crippen LogP contribution in [0.3, 0.4) is 0 Å². The molecule has 0 saturated carbocycles. The van der Waals surface area contributed by atoms with Crippen LogP contribution in [0.2, 0.25) is 0 Å². The molecule has 92 valence electrons. The van der Waals surface area contributed by atoms with Gasteiger partial charge < -0.3 is 5.32 Å². The zero-order valence-electron chi connectivity index (χ0n) is 9.96. The molecule has 1 aromatic carbocycles. The molecule has 1 heterocycles. The van der Waals surface area contributed by atoms with Crippen LogP contribution in [0.5, 0.6) is 0 Å². The Labute approximate surface area is 104 Å². The van der Waals surface area contributed by atoms with Crippen molar-refractivity contribution >= 4 is 17.5 Å². The Bertz CT molecular complexity index is 561. The van der Waals surface area contributed by atoms with Crippen LogP contribution in [0.25, 0.3) is 5.69 Å². The van der Waals surface area contributed by atoms with E-state index in [1.54, 1.807) is 16.9 Å². The third-order valence-electron chi connectivity index (χ3n) is 2.32. The first-order valence-electron chi connectivity index (χ1n) is 5.55. The molecule has 2 rings (SSSR count). The van der Waals surface area contributed by atoms with Gasteiger partial charge in [-0.3, -0.25) is 9.59 Å². The highest BCUT2D eigenvalue weighted by Crippen LogP contribution is 2.14. The van der Waals surface area contributed by atoms with E-state index in [4.69, 9.17) is 0 Å². The summed E-state index contributed by atoms with van der Waals surface area (Å²) in [6.45, 7) is 1.38. The quantitative estimate of drug-likeness (QED) is 0.832. The van der Waals surface area contributed by atoms with Gasteiger partial charge in [-0.15, -0.1) is 0 Å². The molecule has 5 heteroatoms. The molecule has 18 heavy (non-hydrogen) atoms. The molecule has 2 aromatic rings. The second-order valence-electron chi connectivity index (χ2n) is 3.89. The van der Waals surface area contributed by atoms with Crippen molar-refractivity contribution < 1.29 is 9.59 Å². The first-order chi connectivity index (χ1) is 8.66. The van der Waals surface area contributed by atoms with Gasteiger partial charge in [0.15, 0.2) is 0 Å². The molecule has 1 amide bonds. The zero-order chi connectivity index (χ0) is 13.0. The van der Waals surface area contributed by atoms with Gasteiger partial charge in [0.2, 0.25) is 5.91 Å². The third-order valence-corrected chi connectivity index (χ3v) is 2.32. The number of nitrogens with one attached hydrogen (secondary N) is 1. The number of hydrogen-bond donors (Lipinski definition) is 1. The lowest BCUT2D eigenvalue weighted by Crippen LogP contribution is -2.17. The Morgan fingerprint density at radius 1 is 1.22 bits per heavy atom. The topological polar surface area (TPSA) is 64.0 Å². The molecule has 1 aromatic heterocycles. The van der Waals surface area contributed by atoms with Crippen LogP contribution in [-0.4, -0.2) is 21.5 Å². The summed E-state index contributed by atoms with van der Waals surface area (Å²) in [5.74, 6) is 0.0471. The zero-order valence-corrected chi connectivity index (χ0v) is 9.96. The number of hydrogen-bond acceptors (Lipinski definition) is 3. The molecule has 0 fully saturated rings. The highest BCUT2D eigenvalue weighted by molar-refractivity contribution is 6.03. The van der Waals surface area contributed by atoms with Crippen molar-refractivity contribution in [2.45, 2.75) is 13.3 Å². The minimum atomic E-state index is -0.333. The van der Waals surface area contributed by atoms with E-state index < -0.39 is 0 Å². The van der Waals surface area contributed by atoms with Gasteiger partial charge in [-0.2, -0.15) is 5.10 Å². The third kappa shape index (κ3) is 2.82. The van der Waals surface area contributed by atoms with E-state index in [2.05, 4.69) is 10.4 Å². The second kappa shape index (κ2) is 5.27. The summed E-state index contributed by atoms with van der Waals surface area (Å²) in [6.07, 6.45) is 1.47. The maximum absolute atomic E-state index is 11.5. The van der Waals surface area contributed by atoms with Crippen molar-refractivity contribution in [3.63, 3.8) is 0 Å². The molecular weight excluding hydrogens is 230 g/mol. The number of carbonyl (C=O) groups excluding carboxylic acids is 2. The van der Waals surface area contributed by atoms with Crippen molar-refractivity contribution in [3.8, 4) is 5.69 Å². The maximum atomic E-state index is 11.5. The van der Waals surface area contributed by atoms with Crippen LogP contribution in [0, 0.1) is 0 Å². The Hall–Kier alpha value is -2.43. The van der Waals surface area contributed by atoms with Crippen molar-refractivity contribution in [2.75, 3.05) is 5.32 Å². The second-order valence-corrected chi connectivity index (χ2v) is 3.89. The summed E-state index contributed by atoms with van der Waals surface area (Å²) in [6, 6.07) is 11.1. The summed E-state index contributed by atoms with van der Waals surface area (Å²) < 4.78 is 1.61. The molecular formula is C13H13N3O2. The minimum Gasteiger partial charge on any atom is -0.310 e. The van der Waals surface area contributed by atoms with Crippen LogP contribution in [0.15, 0.2) is 42.6 Å². The lowest BCUT2D eigenvalue weighted by Gasteiger charge is -2.08. The van der Waals surface area contributed by atoms with Crippen molar-refractivity contribution in [3.05, 3.63) is 42.6 Å².